The van der Waals surface area contributed by atoms with Crippen LogP contribution in [0.3, 0.4) is 0 Å². The van der Waals surface area contributed by atoms with Gasteiger partial charge in [0.15, 0.2) is 0 Å². The van der Waals surface area contributed by atoms with Crippen molar-refractivity contribution >= 4 is 19.7 Å². The van der Waals surface area contributed by atoms with Crippen LogP contribution < -0.4 is 10.2 Å². The van der Waals surface area contributed by atoms with Gasteiger partial charge in [0.05, 0.1) is 33.8 Å². The van der Waals surface area contributed by atoms with Crippen LogP contribution in [0.2, 0.25) is 0 Å². The molecule has 3 atom stereocenters. The van der Waals surface area contributed by atoms with E-state index in [1.165, 1.54) is 109 Å². The Morgan fingerprint density at radius 3 is 1.45 bits per heavy atom. The number of nitrogens with zero attached hydrogens (tertiary/aromatic N) is 1. The first-order valence-corrected chi connectivity index (χ1v) is 28.4. The molecule has 1 N–H and O–H groups in total. The van der Waals surface area contributed by atoms with Crippen molar-refractivity contribution in [3.8, 4) is 0 Å². The van der Waals surface area contributed by atoms with Gasteiger partial charge in [0.25, 0.3) is 7.82 Å². The molecule has 67 heavy (non-hydrogen) atoms. The second-order valence-corrected chi connectivity index (χ2v) is 20.6. The molecular weight excluding hydrogens is 856 g/mol. The van der Waals surface area contributed by atoms with Crippen LogP contribution in [-0.2, 0) is 27.9 Å². The molecule has 9 nitrogen and oxygen atoms in total. The predicted molar refractivity (Wildman–Crippen MR) is 284 cm³/mol. The van der Waals surface area contributed by atoms with Gasteiger partial charge in [-0.25, -0.2) is 0 Å². The summed E-state index contributed by atoms with van der Waals surface area (Å²) in [4.78, 5) is 39.7. The Hall–Kier alpha value is -2.81. The summed E-state index contributed by atoms with van der Waals surface area (Å²) in [7, 11) is 1.14. The smallest absolute Gasteiger partial charge is 0.306 e. The van der Waals surface area contributed by atoms with Gasteiger partial charge in [-0.3, -0.25) is 14.2 Å². The van der Waals surface area contributed by atoms with Gasteiger partial charge in [-0.2, -0.15) is 0 Å². The number of phosphoric acid groups is 1. The summed E-state index contributed by atoms with van der Waals surface area (Å²) in [6.07, 6.45) is 59.7. The number of quaternary nitrogens is 1. The molecule has 10 heteroatoms. The van der Waals surface area contributed by atoms with Crippen molar-refractivity contribution in [3.05, 3.63) is 85.1 Å². The van der Waals surface area contributed by atoms with E-state index < -0.39 is 26.6 Å². The maximum absolute atomic E-state index is 13.4. The standard InChI is InChI=1S/C57H101N2O7P/c1-7-10-13-16-19-22-25-27-28-29-30-32-34-37-40-43-46-49-56(60)58-54(53-65-67(62,63)64-52-51-59(4,5)6)55(48-45-42-39-36-33-24-21-18-15-12-9-3)66-57(61)50-47-44-41-38-35-31-26-23-20-17-14-11-8-2/h10,13,16,19,22,25,27-30,32,34,45,48,54-55H,7-9,11-12,14-15,17-18,20-21,23-24,26,31,33,35-44,46-47,49-53H2,1-6H3,(H-,58,60,62,63)/b13-10-,19-16+,25-22+,28-27-,30-29+,34-32+,48-45+. The fraction of sp³-hybridized carbons (Fsp3) is 0.719. The number of amides is 1. The van der Waals surface area contributed by atoms with Crippen molar-refractivity contribution in [1.82, 2.24) is 5.32 Å². The summed E-state index contributed by atoms with van der Waals surface area (Å²) in [6.45, 7) is 6.63. The van der Waals surface area contributed by atoms with E-state index >= 15 is 0 Å². The molecular formula is C57H101N2O7P. The van der Waals surface area contributed by atoms with E-state index in [2.05, 4.69) is 38.2 Å². The molecule has 0 radical (unpaired) electrons. The van der Waals surface area contributed by atoms with E-state index in [9.17, 15) is 19.0 Å². The second-order valence-electron chi connectivity index (χ2n) is 19.2. The maximum Gasteiger partial charge on any atom is 0.306 e. The number of rotatable bonds is 47. The summed E-state index contributed by atoms with van der Waals surface area (Å²) < 4.78 is 30.1. The van der Waals surface area contributed by atoms with E-state index in [-0.39, 0.29) is 31.3 Å². The average molecular weight is 957 g/mol. The lowest BCUT2D eigenvalue weighted by molar-refractivity contribution is -0.870. The predicted octanol–water partition coefficient (Wildman–Crippen LogP) is 15.2. The zero-order valence-electron chi connectivity index (χ0n) is 43.8. The Morgan fingerprint density at radius 1 is 0.537 bits per heavy atom. The minimum Gasteiger partial charge on any atom is -0.756 e. The molecule has 0 spiro atoms. The van der Waals surface area contributed by atoms with Crippen LogP contribution in [0.5, 0.6) is 0 Å². The van der Waals surface area contributed by atoms with E-state index in [0.29, 0.717) is 17.4 Å². The van der Waals surface area contributed by atoms with Gasteiger partial charge in [0.2, 0.25) is 5.91 Å². The number of carbonyl (C=O) groups is 2. The Morgan fingerprint density at radius 2 is 0.955 bits per heavy atom. The highest BCUT2D eigenvalue weighted by atomic mass is 31.2. The second kappa shape index (κ2) is 46.9. The molecule has 386 valence electrons. The maximum atomic E-state index is 13.4. The lowest BCUT2D eigenvalue weighted by Gasteiger charge is -2.30. The normalized spacial score (nSPS) is 14.6. The fourth-order valence-corrected chi connectivity index (χ4v) is 8.04. The number of hydrogen-bond donors (Lipinski definition) is 1. The summed E-state index contributed by atoms with van der Waals surface area (Å²) in [5, 5.41) is 2.99. The van der Waals surface area contributed by atoms with Crippen molar-refractivity contribution in [2.75, 3.05) is 40.9 Å². The van der Waals surface area contributed by atoms with Crippen LogP contribution in [0.4, 0.5) is 0 Å². The van der Waals surface area contributed by atoms with Crippen LogP contribution in [0.25, 0.3) is 0 Å². The van der Waals surface area contributed by atoms with Gasteiger partial charge in [-0.1, -0.05) is 235 Å². The highest BCUT2D eigenvalue weighted by Crippen LogP contribution is 2.38. The molecule has 0 heterocycles. The molecule has 0 aromatic carbocycles. The number of likely N-dealkylation sites (N-methyl/N-ethyl adjacent to an activating group) is 1. The third-order valence-corrected chi connectivity index (χ3v) is 12.5. The van der Waals surface area contributed by atoms with Gasteiger partial charge in [-0.15, -0.1) is 0 Å². The van der Waals surface area contributed by atoms with Gasteiger partial charge in [0, 0.05) is 12.8 Å². The lowest BCUT2D eigenvalue weighted by Crippen LogP contribution is -2.47. The van der Waals surface area contributed by atoms with E-state index in [0.717, 1.165) is 64.2 Å². The summed E-state index contributed by atoms with van der Waals surface area (Å²) in [5.74, 6) is -0.596. The van der Waals surface area contributed by atoms with Crippen molar-refractivity contribution in [3.63, 3.8) is 0 Å². The van der Waals surface area contributed by atoms with Crippen molar-refractivity contribution in [1.29, 1.82) is 0 Å². The number of esters is 1. The molecule has 1 amide bonds. The zero-order chi connectivity index (χ0) is 49.4. The van der Waals surface area contributed by atoms with Crippen LogP contribution in [0.15, 0.2) is 85.1 Å². The van der Waals surface area contributed by atoms with Gasteiger partial charge in [-0.05, 0) is 51.0 Å². The van der Waals surface area contributed by atoms with E-state index in [1.807, 2.05) is 94.1 Å². The lowest BCUT2D eigenvalue weighted by atomic mass is 10.0. The monoisotopic (exact) mass is 957 g/mol. The summed E-state index contributed by atoms with van der Waals surface area (Å²) in [5.41, 5.74) is 0. The van der Waals surface area contributed by atoms with Gasteiger partial charge < -0.3 is 28.5 Å². The molecule has 0 aliphatic carbocycles. The summed E-state index contributed by atoms with van der Waals surface area (Å²) >= 11 is 0. The highest BCUT2D eigenvalue weighted by Gasteiger charge is 2.27. The topological polar surface area (TPSA) is 114 Å². The number of unbranched alkanes of at least 4 members (excludes halogenated alkanes) is 24. The van der Waals surface area contributed by atoms with Gasteiger partial charge >= 0.3 is 5.97 Å². The van der Waals surface area contributed by atoms with Crippen LogP contribution in [-0.4, -0.2) is 69.4 Å². The number of hydrogen-bond acceptors (Lipinski definition) is 7. The minimum atomic E-state index is -4.70. The first-order chi connectivity index (χ1) is 32.4. The zero-order valence-corrected chi connectivity index (χ0v) is 44.7. The van der Waals surface area contributed by atoms with Crippen molar-refractivity contribution in [2.45, 2.75) is 226 Å². The van der Waals surface area contributed by atoms with Gasteiger partial charge in [0.1, 0.15) is 19.3 Å². The number of allylic oxidation sites excluding steroid dienone is 13. The Kier molecular flexibility index (Phi) is 44.9. The molecule has 0 aromatic rings. The Balaban J connectivity index is 5.48. The molecule has 0 aromatic heterocycles. The Labute approximate surface area is 412 Å². The molecule has 3 unspecified atom stereocenters. The molecule has 0 saturated heterocycles. The first-order valence-electron chi connectivity index (χ1n) is 27.0. The third-order valence-electron chi connectivity index (χ3n) is 11.5. The SMILES string of the molecule is CC\C=C/C=C/C=C/C=C\C=C\C=C\CCCCCC(=O)NC(COP(=O)([O-])OCC[N+](C)(C)C)C(/C=C/CCCCCCCCCCC)OC(=O)CCCCCCCCCCCCCCC. The quantitative estimate of drug-likeness (QED) is 0.0161. The molecule has 0 fully saturated rings. The molecule has 0 aliphatic heterocycles. The largest absolute Gasteiger partial charge is 0.756 e. The Bertz CT molecular complexity index is 1430. The van der Waals surface area contributed by atoms with Crippen LogP contribution >= 0.6 is 7.82 Å². The number of ether oxygens (including phenoxy) is 1. The first kappa shape index (κ1) is 64.2. The van der Waals surface area contributed by atoms with Crippen molar-refractivity contribution < 1.29 is 37.3 Å². The average Bonchev–Trinajstić information content (AvgIpc) is 3.28. The molecule has 0 saturated carbocycles. The summed E-state index contributed by atoms with van der Waals surface area (Å²) in [6, 6.07) is -0.912. The van der Waals surface area contributed by atoms with Crippen molar-refractivity contribution in [2.24, 2.45) is 0 Å². The number of phosphoric ester groups is 1. The number of nitrogens with one attached hydrogen (secondary N) is 1. The molecule has 0 rings (SSSR count). The fourth-order valence-electron chi connectivity index (χ4n) is 7.32. The number of carbonyl (C=O) groups excluding carboxylic acids is 2. The van der Waals surface area contributed by atoms with Crippen LogP contribution in [0, 0.1) is 0 Å². The molecule has 0 bridgehead atoms. The molecule has 0 aliphatic rings. The highest BCUT2D eigenvalue weighted by molar-refractivity contribution is 7.45. The van der Waals surface area contributed by atoms with Crippen LogP contribution in [0.1, 0.15) is 213 Å². The van der Waals surface area contributed by atoms with E-state index in [1.54, 1.807) is 0 Å². The van der Waals surface area contributed by atoms with E-state index in [4.69, 9.17) is 13.8 Å². The third kappa shape index (κ3) is 48.0. The minimum absolute atomic E-state index is 0.0345.